The molecule has 0 fully saturated rings. The topological polar surface area (TPSA) is 66.8 Å². The molecule has 0 saturated carbocycles. The van der Waals surface area contributed by atoms with Gasteiger partial charge in [-0.25, -0.2) is 4.79 Å². The third kappa shape index (κ3) is 8.93. The summed E-state index contributed by atoms with van der Waals surface area (Å²) in [6.07, 6.45) is -1.69. The van der Waals surface area contributed by atoms with E-state index in [4.69, 9.17) is 15.2 Å². The molecule has 6 heavy (non-hydrogen) atoms. The quantitative estimate of drug-likeness (QED) is 0.400. The predicted molar refractivity (Wildman–Crippen MR) is 11.7 cm³/mol. The summed E-state index contributed by atoms with van der Waals surface area (Å²) >= 11 is 0. The molecular weight excluding hydrogens is 167 g/mol. The number of carbonyl (C=O) groups is 1. The van der Waals surface area contributed by atoms with Gasteiger partial charge in [0.05, 0.1) is 0 Å². The molecule has 0 rings (SSSR count). The molecule has 0 aliphatic rings. The van der Waals surface area contributed by atoms with E-state index >= 15 is 0 Å². The minimum Gasteiger partial charge on any atom is -0.448 e. The van der Waals surface area contributed by atoms with E-state index in [0.717, 1.165) is 0 Å². The molecule has 0 atom stereocenters. The summed E-state index contributed by atoms with van der Waals surface area (Å²) < 4.78 is 0. The summed E-state index contributed by atoms with van der Waals surface area (Å²) in [6.45, 7) is 0. The standard InChI is InChI=1S/CH2O4.Zr/c2-1(3)5-4;/h4H,(H,2,3);. The molecule has 5 heteroatoms. The Kier molecular flexibility index (Phi) is 8.05. The van der Waals surface area contributed by atoms with Gasteiger partial charge in [-0.3, -0.25) is 4.89 Å². The average Bonchev–Trinajstić information content (AvgIpc) is 1.38. The zero-order chi connectivity index (χ0) is 4.28. The van der Waals surface area contributed by atoms with Crippen LogP contribution in [-0.2, 0) is 31.1 Å². The Morgan fingerprint density at radius 2 is 1.83 bits per heavy atom. The van der Waals surface area contributed by atoms with Crippen LogP contribution in [0.25, 0.3) is 0 Å². The molecule has 0 bridgehead atoms. The molecule has 0 aliphatic carbocycles. The van der Waals surface area contributed by atoms with Gasteiger partial charge in [-0.2, -0.15) is 5.26 Å². The molecule has 2 N–H and O–H groups in total. The van der Waals surface area contributed by atoms with Crippen molar-refractivity contribution in [3.05, 3.63) is 0 Å². The number of rotatable bonds is 0. The molecule has 0 aromatic heterocycles. The van der Waals surface area contributed by atoms with Crippen molar-refractivity contribution in [2.75, 3.05) is 0 Å². The van der Waals surface area contributed by atoms with E-state index in [1.165, 1.54) is 0 Å². The third-order valence-corrected chi connectivity index (χ3v) is 0.0781. The monoisotopic (exact) mass is 168 g/mol. The molecule has 4 nitrogen and oxygen atoms in total. The number of hydrogen-bond acceptors (Lipinski definition) is 3. The molecule has 0 radical (unpaired) electrons. The number of carboxylic acid groups (broad SMARTS) is 1. The van der Waals surface area contributed by atoms with Crippen LogP contribution in [0.1, 0.15) is 0 Å². The zero-order valence-corrected chi connectivity index (χ0v) is 5.17. The van der Waals surface area contributed by atoms with Gasteiger partial charge in [0, 0.05) is 26.2 Å². The summed E-state index contributed by atoms with van der Waals surface area (Å²) in [7, 11) is 0. The van der Waals surface area contributed by atoms with Gasteiger partial charge in [0.1, 0.15) is 0 Å². The van der Waals surface area contributed by atoms with Gasteiger partial charge in [-0.1, -0.05) is 0 Å². The Morgan fingerprint density at radius 3 is 1.83 bits per heavy atom. The minimum atomic E-state index is -1.69. The largest absolute Gasteiger partial charge is 0.537 e. The maximum absolute atomic E-state index is 8.90. The normalized spacial score (nSPS) is 5.50. The van der Waals surface area contributed by atoms with Crippen LogP contribution in [0.15, 0.2) is 0 Å². The molecule has 34 valence electrons. The SMILES string of the molecule is O=C(O)OO.[Zr]. The first-order valence-electron chi connectivity index (χ1n) is 0.814. The van der Waals surface area contributed by atoms with E-state index in [0.29, 0.717) is 0 Å². The molecule has 0 aromatic rings. The van der Waals surface area contributed by atoms with Crippen molar-refractivity contribution in [2.45, 2.75) is 0 Å². The maximum atomic E-state index is 8.90. The van der Waals surface area contributed by atoms with Crippen LogP contribution in [0.4, 0.5) is 4.79 Å². The summed E-state index contributed by atoms with van der Waals surface area (Å²) in [4.78, 5) is 11.6. The van der Waals surface area contributed by atoms with Crippen LogP contribution in [0, 0.1) is 0 Å². The van der Waals surface area contributed by atoms with E-state index in [1.807, 2.05) is 0 Å². The van der Waals surface area contributed by atoms with E-state index in [9.17, 15) is 0 Å². The predicted octanol–water partition coefficient (Wildman–Crippen LogP) is 0.151. The fraction of sp³-hybridized carbons (Fsp3) is 0. The van der Waals surface area contributed by atoms with Gasteiger partial charge in [0.15, 0.2) is 0 Å². The maximum Gasteiger partial charge on any atom is 0.537 e. The van der Waals surface area contributed by atoms with Crippen molar-refractivity contribution in [1.29, 1.82) is 0 Å². The van der Waals surface area contributed by atoms with Gasteiger partial charge in [0.25, 0.3) is 0 Å². The van der Waals surface area contributed by atoms with Crippen molar-refractivity contribution < 1.29 is 46.2 Å². The fourth-order valence-electron chi connectivity index (χ4n) is 0. The van der Waals surface area contributed by atoms with Crippen molar-refractivity contribution in [1.82, 2.24) is 0 Å². The van der Waals surface area contributed by atoms with E-state index < -0.39 is 6.16 Å². The van der Waals surface area contributed by atoms with Crippen LogP contribution in [0.2, 0.25) is 0 Å². The van der Waals surface area contributed by atoms with Gasteiger partial charge in [-0.05, 0) is 0 Å². The van der Waals surface area contributed by atoms with Gasteiger partial charge in [-0.15, -0.1) is 0 Å². The van der Waals surface area contributed by atoms with Crippen LogP contribution >= 0.6 is 0 Å². The van der Waals surface area contributed by atoms with Crippen molar-refractivity contribution in [3.63, 3.8) is 0 Å². The molecule has 0 aromatic carbocycles. The summed E-state index contributed by atoms with van der Waals surface area (Å²) in [5, 5.41) is 14.3. The van der Waals surface area contributed by atoms with E-state index in [2.05, 4.69) is 4.89 Å². The van der Waals surface area contributed by atoms with Gasteiger partial charge >= 0.3 is 6.16 Å². The van der Waals surface area contributed by atoms with E-state index in [-0.39, 0.29) is 26.2 Å². The van der Waals surface area contributed by atoms with Crippen LogP contribution < -0.4 is 0 Å². The Morgan fingerprint density at radius 1 is 1.67 bits per heavy atom. The number of hydrogen-bond donors (Lipinski definition) is 2. The fourth-order valence-corrected chi connectivity index (χ4v) is 0. The van der Waals surface area contributed by atoms with Crippen molar-refractivity contribution in [3.8, 4) is 0 Å². The molecule has 0 saturated heterocycles. The Labute approximate surface area is 52.8 Å². The van der Waals surface area contributed by atoms with Crippen molar-refractivity contribution in [2.24, 2.45) is 0 Å². The summed E-state index contributed by atoms with van der Waals surface area (Å²) in [6, 6.07) is 0. The molecule has 0 aliphatic heterocycles. The van der Waals surface area contributed by atoms with Crippen molar-refractivity contribution >= 4 is 6.16 Å². The molecular formula is CH2O4Zr. The smallest absolute Gasteiger partial charge is 0.448 e. The second-order valence-corrected chi connectivity index (χ2v) is 0.357. The zero-order valence-electron chi connectivity index (χ0n) is 2.71. The third-order valence-electron chi connectivity index (χ3n) is 0.0781. The summed E-state index contributed by atoms with van der Waals surface area (Å²) in [5.41, 5.74) is 0. The molecule has 0 amide bonds. The van der Waals surface area contributed by atoms with Crippen LogP contribution in [-0.4, -0.2) is 16.5 Å². The minimum absolute atomic E-state index is 0. The Balaban J connectivity index is 0. The van der Waals surface area contributed by atoms with Gasteiger partial charge in [0.2, 0.25) is 0 Å². The first-order valence-corrected chi connectivity index (χ1v) is 0.814. The Bertz CT molecular complexity index is 42.8. The van der Waals surface area contributed by atoms with Crippen LogP contribution in [0.3, 0.4) is 0 Å². The second kappa shape index (κ2) is 5.11. The summed E-state index contributed by atoms with van der Waals surface area (Å²) in [5.74, 6) is 0. The van der Waals surface area contributed by atoms with Crippen LogP contribution in [0.5, 0.6) is 0 Å². The van der Waals surface area contributed by atoms with E-state index in [1.54, 1.807) is 0 Å². The average molecular weight is 169 g/mol. The first kappa shape index (κ1) is 9.45. The van der Waals surface area contributed by atoms with Gasteiger partial charge < -0.3 is 5.11 Å². The Hall–Kier alpha value is 0.113. The first-order chi connectivity index (χ1) is 2.27. The molecule has 0 heterocycles. The molecule has 0 spiro atoms. The molecule has 0 unspecified atom stereocenters. The second-order valence-electron chi connectivity index (χ2n) is 0.357.